The molecule has 1 N–H and O–H groups in total. The molecule has 3 aliphatic rings. The summed E-state index contributed by atoms with van der Waals surface area (Å²) in [6.45, 7) is 3.57. The molecule has 1 amide bonds. The molecule has 5 rings (SSSR count). The van der Waals surface area contributed by atoms with Crippen molar-refractivity contribution in [2.75, 3.05) is 24.5 Å². The maximum atomic E-state index is 12.8. The van der Waals surface area contributed by atoms with Crippen molar-refractivity contribution in [3.63, 3.8) is 0 Å². The van der Waals surface area contributed by atoms with Gasteiger partial charge in [0.2, 0.25) is 5.91 Å². The first-order valence-electron chi connectivity index (χ1n) is 10.5. The molecule has 6 nitrogen and oxygen atoms in total. The second kappa shape index (κ2) is 7.77. The van der Waals surface area contributed by atoms with Crippen molar-refractivity contribution in [1.29, 1.82) is 5.26 Å². The van der Waals surface area contributed by atoms with Gasteiger partial charge in [-0.25, -0.2) is 4.98 Å². The average molecular weight is 408 g/mol. The number of aryl methyl sites for hydroxylation is 1. The second-order valence-electron chi connectivity index (χ2n) is 8.19. The Kier molecular flexibility index (Phi) is 4.98. The lowest BCUT2D eigenvalue weighted by Gasteiger charge is -2.35. The molecule has 2 fully saturated rings. The van der Waals surface area contributed by atoms with Gasteiger partial charge in [-0.15, -0.1) is 0 Å². The Bertz CT molecular complexity index is 931. The van der Waals surface area contributed by atoms with Gasteiger partial charge in [-0.3, -0.25) is 4.79 Å². The summed E-state index contributed by atoms with van der Waals surface area (Å²) in [5, 5.41) is 13.6. The molecule has 0 aliphatic carbocycles. The number of carbonyl (C=O) groups excluding carboxylic acids is 1. The van der Waals surface area contributed by atoms with E-state index in [0.29, 0.717) is 37.0 Å². The number of anilines is 1. The first-order valence-corrected chi connectivity index (χ1v) is 11.3. The zero-order chi connectivity index (χ0) is 19.8. The second-order valence-corrected chi connectivity index (χ2v) is 9.25. The number of hydrogen-bond acceptors (Lipinski definition) is 6. The number of nitrogens with zero attached hydrogens (tertiary/aromatic N) is 4. The van der Waals surface area contributed by atoms with Gasteiger partial charge in [0.1, 0.15) is 0 Å². The maximum Gasteiger partial charge on any atom is 0.223 e. The maximum absolute atomic E-state index is 12.8. The van der Waals surface area contributed by atoms with Crippen molar-refractivity contribution < 1.29 is 4.79 Å². The molecule has 4 heterocycles. The van der Waals surface area contributed by atoms with Gasteiger partial charge in [0.15, 0.2) is 5.13 Å². The van der Waals surface area contributed by atoms with Crippen LogP contribution in [0.2, 0.25) is 0 Å². The Morgan fingerprint density at radius 1 is 1.24 bits per heavy atom. The van der Waals surface area contributed by atoms with Crippen LogP contribution in [0.15, 0.2) is 24.3 Å². The van der Waals surface area contributed by atoms with Crippen LogP contribution in [-0.2, 0) is 24.2 Å². The molecule has 3 aliphatic heterocycles. The molecule has 2 atom stereocenters. The van der Waals surface area contributed by atoms with Crippen molar-refractivity contribution in [2.45, 2.75) is 50.7 Å². The van der Waals surface area contributed by atoms with Gasteiger partial charge < -0.3 is 15.1 Å². The van der Waals surface area contributed by atoms with Crippen LogP contribution in [-0.4, -0.2) is 47.5 Å². The highest BCUT2D eigenvalue weighted by Crippen LogP contribution is 2.38. The number of nitrogens with one attached hydrogen (secondary N) is 1. The fourth-order valence-electron chi connectivity index (χ4n) is 4.75. The molecule has 1 aromatic heterocycles. The molecule has 7 heteroatoms. The normalized spacial score (nSPS) is 23.0. The minimum atomic E-state index is 0.206. The van der Waals surface area contributed by atoms with Crippen LogP contribution in [0.5, 0.6) is 0 Å². The SMILES string of the molecule is N#Cc1ccc(CCC(=O)N2CCc3nc(N4C5CCC4CNC5)sc3C2)cc1. The van der Waals surface area contributed by atoms with E-state index in [2.05, 4.69) is 16.3 Å². The van der Waals surface area contributed by atoms with E-state index in [1.54, 1.807) is 11.3 Å². The molecule has 1 aromatic carbocycles. The molecule has 0 radical (unpaired) electrons. The highest BCUT2D eigenvalue weighted by atomic mass is 32.1. The largest absolute Gasteiger partial charge is 0.340 e. The van der Waals surface area contributed by atoms with Gasteiger partial charge in [0.05, 0.1) is 23.9 Å². The molecule has 150 valence electrons. The van der Waals surface area contributed by atoms with E-state index in [4.69, 9.17) is 10.2 Å². The van der Waals surface area contributed by atoms with E-state index >= 15 is 0 Å². The van der Waals surface area contributed by atoms with E-state index < -0.39 is 0 Å². The highest BCUT2D eigenvalue weighted by Gasteiger charge is 2.39. The van der Waals surface area contributed by atoms with Crippen molar-refractivity contribution in [2.24, 2.45) is 0 Å². The molecule has 2 unspecified atom stereocenters. The Hall–Kier alpha value is -2.43. The fourth-order valence-corrected chi connectivity index (χ4v) is 6.02. The highest BCUT2D eigenvalue weighted by molar-refractivity contribution is 7.15. The van der Waals surface area contributed by atoms with Crippen LogP contribution in [0.3, 0.4) is 0 Å². The topological polar surface area (TPSA) is 72.3 Å². The lowest BCUT2D eigenvalue weighted by Crippen LogP contribution is -2.51. The Balaban J connectivity index is 1.22. The predicted octanol–water partition coefficient (Wildman–Crippen LogP) is 2.47. The molecule has 2 saturated heterocycles. The first-order chi connectivity index (χ1) is 14.2. The summed E-state index contributed by atoms with van der Waals surface area (Å²) >= 11 is 1.79. The number of piperazine rings is 1. The third-order valence-corrected chi connectivity index (χ3v) is 7.48. The summed E-state index contributed by atoms with van der Waals surface area (Å²) in [7, 11) is 0. The summed E-state index contributed by atoms with van der Waals surface area (Å²) in [6, 6.07) is 10.8. The molecular weight excluding hydrogens is 382 g/mol. The molecule has 0 spiro atoms. The Labute approximate surface area is 175 Å². The zero-order valence-corrected chi connectivity index (χ0v) is 17.2. The van der Waals surface area contributed by atoms with Gasteiger partial charge in [-0.2, -0.15) is 5.26 Å². The van der Waals surface area contributed by atoms with Crippen molar-refractivity contribution in [3.05, 3.63) is 46.0 Å². The van der Waals surface area contributed by atoms with Crippen LogP contribution in [0, 0.1) is 11.3 Å². The predicted molar refractivity (Wildman–Crippen MR) is 113 cm³/mol. The van der Waals surface area contributed by atoms with E-state index in [9.17, 15) is 4.79 Å². The standard InChI is InChI=1S/C22H25N5OS/c23-11-16-3-1-15(2-4-16)5-8-21(28)26-10-9-19-20(14-26)29-22(25-19)27-17-6-7-18(27)13-24-12-17/h1-4,17-18,24H,5-10,12-14H2. The van der Waals surface area contributed by atoms with Gasteiger partial charge in [-0.05, 0) is 37.0 Å². The van der Waals surface area contributed by atoms with Gasteiger partial charge in [0, 0.05) is 49.4 Å². The minimum absolute atomic E-state index is 0.206. The summed E-state index contributed by atoms with van der Waals surface area (Å²) in [6.07, 6.45) is 4.58. The molecular formula is C22H25N5OS. The van der Waals surface area contributed by atoms with Crippen LogP contribution < -0.4 is 10.2 Å². The third-order valence-electron chi connectivity index (χ3n) is 6.38. The number of amides is 1. The van der Waals surface area contributed by atoms with Crippen LogP contribution in [0.1, 0.15) is 41.0 Å². The first kappa shape index (κ1) is 18.6. The van der Waals surface area contributed by atoms with E-state index in [0.717, 1.165) is 36.8 Å². The van der Waals surface area contributed by atoms with Gasteiger partial charge >= 0.3 is 0 Å². The van der Waals surface area contributed by atoms with E-state index in [1.165, 1.54) is 23.4 Å². The Morgan fingerprint density at radius 2 is 2.00 bits per heavy atom. The Morgan fingerprint density at radius 3 is 2.72 bits per heavy atom. The molecule has 2 aromatic rings. The van der Waals surface area contributed by atoms with Crippen molar-refractivity contribution in [3.8, 4) is 6.07 Å². The number of carbonyl (C=O) groups is 1. The lowest BCUT2D eigenvalue weighted by molar-refractivity contribution is -0.132. The zero-order valence-electron chi connectivity index (χ0n) is 16.4. The summed E-state index contributed by atoms with van der Waals surface area (Å²) in [4.78, 5) is 23.5. The average Bonchev–Trinajstić information content (AvgIpc) is 3.28. The molecule has 0 saturated carbocycles. The summed E-state index contributed by atoms with van der Waals surface area (Å²) in [5.41, 5.74) is 2.95. The number of nitriles is 1. The van der Waals surface area contributed by atoms with E-state index in [-0.39, 0.29) is 5.91 Å². The number of aromatic nitrogens is 1. The summed E-state index contributed by atoms with van der Waals surface area (Å²) < 4.78 is 0. The number of benzene rings is 1. The lowest BCUT2D eigenvalue weighted by atomic mass is 10.1. The minimum Gasteiger partial charge on any atom is -0.340 e. The van der Waals surface area contributed by atoms with E-state index in [1.807, 2.05) is 29.2 Å². The van der Waals surface area contributed by atoms with Crippen LogP contribution >= 0.6 is 11.3 Å². The monoisotopic (exact) mass is 407 g/mol. The smallest absolute Gasteiger partial charge is 0.223 e. The third kappa shape index (κ3) is 3.63. The van der Waals surface area contributed by atoms with Crippen LogP contribution in [0.25, 0.3) is 0 Å². The van der Waals surface area contributed by atoms with Crippen LogP contribution in [0.4, 0.5) is 5.13 Å². The van der Waals surface area contributed by atoms with Gasteiger partial charge in [0.25, 0.3) is 0 Å². The van der Waals surface area contributed by atoms with Crippen molar-refractivity contribution >= 4 is 22.4 Å². The van der Waals surface area contributed by atoms with Crippen molar-refractivity contribution in [1.82, 2.24) is 15.2 Å². The van der Waals surface area contributed by atoms with Gasteiger partial charge in [-0.1, -0.05) is 23.5 Å². The number of hydrogen-bond donors (Lipinski definition) is 1. The molecule has 2 bridgehead atoms. The summed E-state index contributed by atoms with van der Waals surface area (Å²) in [5.74, 6) is 0.206. The number of rotatable bonds is 4. The molecule has 29 heavy (non-hydrogen) atoms. The number of fused-ring (bicyclic) bond motifs is 3. The fraction of sp³-hybridized carbons (Fsp3) is 0.500. The quantitative estimate of drug-likeness (QED) is 0.843. The number of thiazole rings is 1.